The molecule has 2 aliphatic heterocycles. The first kappa shape index (κ1) is 25.3. The number of esters is 1. The van der Waals surface area contributed by atoms with Crippen molar-refractivity contribution in [3.05, 3.63) is 63.0 Å². The summed E-state index contributed by atoms with van der Waals surface area (Å²) in [6.07, 6.45) is 3.86. The Labute approximate surface area is 212 Å². The first-order valence-electron chi connectivity index (χ1n) is 12.3. The number of likely N-dealkylation sites (N-methyl/N-ethyl adjacent to an activating group) is 1. The Balaban J connectivity index is 1.74. The Morgan fingerprint density at radius 2 is 2.03 bits per heavy atom. The Kier molecular flexibility index (Phi) is 7.27. The van der Waals surface area contributed by atoms with Crippen LogP contribution in [0.25, 0.3) is 0 Å². The number of ether oxygens (including phenoxy) is 2. The van der Waals surface area contributed by atoms with Gasteiger partial charge in [0, 0.05) is 36.3 Å². The predicted octanol–water partition coefficient (Wildman–Crippen LogP) is 5.09. The topological polar surface area (TPSA) is 59.1 Å². The van der Waals surface area contributed by atoms with Crippen LogP contribution in [0.4, 0.5) is 0 Å². The van der Waals surface area contributed by atoms with Crippen molar-refractivity contribution in [1.82, 2.24) is 9.80 Å². The first-order valence-corrected chi connectivity index (χ1v) is 13.2. The molecule has 0 aliphatic carbocycles. The molecule has 0 saturated heterocycles. The Bertz CT molecular complexity index is 1120. The Morgan fingerprint density at radius 3 is 2.66 bits per heavy atom. The molecule has 2 aliphatic rings. The lowest BCUT2D eigenvalue weighted by Gasteiger charge is -2.40. The van der Waals surface area contributed by atoms with Crippen LogP contribution >= 0.6 is 11.3 Å². The van der Waals surface area contributed by atoms with Crippen molar-refractivity contribution in [1.29, 1.82) is 0 Å². The van der Waals surface area contributed by atoms with Gasteiger partial charge in [-0.3, -0.25) is 9.59 Å². The average molecular weight is 497 g/mol. The third-order valence-corrected chi connectivity index (χ3v) is 8.08. The number of hydrogen-bond donors (Lipinski definition) is 0. The predicted molar refractivity (Wildman–Crippen MR) is 139 cm³/mol. The largest absolute Gasteiger partial charge is 0.496 e. The zero-order chi connectivity index (χ0) is 25.3. The molecule has 7 heteroatoms. The molecule has 0 spiro atoms. The fraction of sp³-hybridized carbons (Fsp3) is 0.500. The molecule has 0 fully saturated rings. The van der Waals surface area contributed by atoms with Crippen molar-refractivity contribution in [2.75, 3.05) is 27.3 Å². The smallest absolute Gasteiger partial charge is 0.306 e. The number of nitrogens with zero attached hydrogens (tertiary/aromatic N) is 2. The number of carbonyl (C=O) groups excluding carboxylic acids is 2. The maximum absolute atomic E-state index is 13.6. The van der Waals surface area contributed by atoms with Gasteiger partial charge in [0.2, 0.25) is 0 Å². The number of carbonyl (C=O) groups is 2. The third-order valence-electron chi connectivity index (χ3n) is 7.11. The number of rotatable bonds is 7. The Hall–Kier alpha value is -2.80. The van der Waals surface area contributed by atoms with Crippen LogP contribution in [0.2, 0.25) is 0 Å². The monoisotopic (exact) mass is 496 g/mol. The van der Waals surface area contributed by atoms with Crippen molar-refractivity contribution in [3.63, 3.8) is 0 Å². The van der Waals surface area contributed by atoms with Gasteiger partial charge < -0.3 is 19.3 Å². The summed E-state index contributed by atoms with van der Waals surface area (Å²) in [5.41, 5.74) is 3.97. The van der Waals surface area contributed by atoms with E-state index < -0.39 is 0 Å². The number of methoxy groups -OCH3 is 1. The SMILES string of the molecule is CCOC(=O)CCc1cc2c(cc1OC)CCN1C(C(=O)N(C)C(C)(C)C)=CC(c3cccs3)C21. The zero-order valence-electron chi connectivity index (χ0n) is 21.6. The second-order valence-electron chi connectivity index (χ2n) is 10.2. The van der Waals surface area contributed by atoms with Gasteiger partial charge in [0.15, 0.2) is 0 Å². The molecular formula is C28H36N2O4S. The van der Waals surface area contributed by atoms with Crippen LogP contribution in [0.1, 0.15) is 67.6 Å². The van der Waals surface area contributed by atoms with E-state index in [0.717, 1.165) is 30.0 Å². The molecule has 1 aromatic carbocycles. The minimum atomic E-state index is -0.268. The molecule has 1 aromatic heterocycles. The van der Waals surface area contributed by atoms with Gasteiger partial charge in [0.25, 0.3) is 5.91 Å². The molecule has 0 N–H and O–H groups in total. The highest BCUT2D eigenvalue weighted by Crippen LogP contribution is 2.50. The normalized spacial score (nSPS) is 19.0. The molecule has 3 heterocycles. The van der Waals surface area contributed by atoms with Gasteiger partial charge in [-0.15, -0.1) is 11.3 Å². The molecular weight excluding hydrogens is 460 g/mol. The highest BCUT2D eigenvalue weighted by Gasteiger charge is 2.44. The summed E-state index contributed by atoms with van der Waals surface area (Å²) >= 11 is 1.73. The van der Waals surface area contributed by atoms with Crippen molar-refractivity contribution >= 4 is 23.2 Å². The van der Waals surface area contributed by atoms with Crippen LogP contribution in [0.3, 0.4) is 0 Å². The van der Waals surface area contributed by atoms with E-state index in [9.17, 15) is 9.59 Å². The molecule has 2 atom stereocenters. The van der Waals surface area contributed by atoms with Crippen LogP contribution in [0.5, 0.6) is 5.75 Å². The van der Waals surface area contributed by atoms with Gasteiger partial charge in [-0.1, -0.05) is 6.07 Å². The maximum atomic E-state index is 13.6. The fourth-order valence-corrected chi connectivity index (χ4v) is 5.81. The zero-order valence-corrected chi connectivity index (χ0v) is 22.4. The van der Waals surface area contributed by atoms with Crippen molar-refractivity contribution in [2.45, 2.75) is 64.5 Å². The summed E-state index contributed by atoms with van der Waals surface area (Å²) in [6.45, 7) is 9.15. The molecule has 0 radical (unpaired) electrons. The van der Waals surface area contributed by atoms with Crippen LogP contribution in [-0.2, 0) is 27.2 Å². The summed E-state index contributed by atoms with van der Waals surface area (Å²) < 4.78 is 10.8. The maximum Gasteiger partial charge on any atom is 0.306 e. The molecule has 2 unspecified atom stereocenters. The van der Waals surface area contributed by atoms with Crippen LogP contribution in [0, 0.1) is 0 Å². The molecule has 1 amide bonds. The minimum Gasteiger partial charge on any atom is -0.496 e. The molecule has 4 rings (SSSR count). The van der Waals surface area contributed by atoms with Crippen molar-refractivity contribution < 1.29 is 19.1 Å². The fourth-order valence-electron chi connectivity index (χ4n) is 4.98. The quantitative estimate of drug-likeness (QED) is 0.500. The van der Waals surface area contributed by atoms with E-state index in [1.54, 1.807) is 18.4 Å². The lowest BCUT2D eigenvalue weighted by Crippen LogP contribution is -2.46. The average Bonchev–Trinajstić information content (AvgIpc) is 3.48. The van der Waals surface area contributed by atoms with Gasteiger partial charge in [0.05, 0.1) is 25.5 Å². The Morgan fingerprint density at radius 1 is 1.26 bits per heavy atom. The van der Waals surface area contributed by atoms with Crippen molar-refractivity contribution in [3.8, 4) is 5.75 Å². The van der Waals surface area contributed by atoms with Crippen molar-refractivity contribution in [2.24, 2.45) is 0 Å². The van der Waals surface area contributed by atoms with Gasteiger partial charge in [-0.2, -0.15) is 0 Å². The number of amides is 1. The van der Waals surface area contributed by atoms with E-state index in [4.69, 9.17) is 9.47 Å². The molecule has 0 bridgehead atoms. The minimum absolute atomic E-state index is 0.0389. The highest BCUT2D eigenvalue weighted by molar-refractivity contribution is 7.10. The summed E-state index contributed by atoms with van der Waals surface area (Å²) in [5.74, 6) is 0.753. The summed E-state index contributed by atoms with van der Waals surface area (Å²) in [7, 11) is 3.56. The number of hydrogen-bond acceptors (Lipinski definition) is 6. The molecule has 0 saturated carbocycles. The van der Waals surface area contributed by atoms with E-state index in [1.165, 1.54) is 16.0 Å². The molecule has 2 aromatic rings. The lowest BCUT2D eigenvalue weighted by molar-refractivity contribution is -0.143. The second-order valence-corrected chi connectivity index (χ2v) is 11.2. The van der Waals surface area contributed by atoms with Crippen LogP contribution < -0.4 is 4.74 Å². The van der Waals surface area contributed by atoms with E-state index in [0.29, 0.717) is 19.4 Å². The van der Waals surface area contributed by atoms with E-state index in [-0.39, 0.29) is 29.4 Å². The number of aryl methyl sites for hydroxylation is 1. The standard InChI is InChI=1S/C28H36N2O4S/c1-7-34-25(31)11-10-19-15-20-18(16-23(19)33-6)12-13-30-22(27(32)29(5)28(2,3)4)17-21(26(20)30)24-9-8-14-35-24/h8-9,14-17,21,26H,7,10-13H2,1-6H3. The number of thiophene rings is 1. The van der Waals surface area contributed by atoms with Gasteiger partial charge in [0.1, 0.15) is 5.75 Å². The molecule has 188 valence electrons. The molecule has 35 heavy (non-hydrogen) atoms. The van der Waals surface area contributed by atoms with Gasteiger partial charge in [-0.25, -0.2) is 0 Å². The number of fused-ring (bicyclic) bond motifs is 3. The summed E-state index contributed by atoms with van der Waals surface area (Å²) in [5, 5.41) is 2.09. The van der Waals surface area contributed by atoms with Gasteiger partial charge in [-0.05, 0) is 86.9 Å². The number of benzene rings is 1. The third kappa shape index (κ3) is 4.96. The first-order chi connectivity index (χ1) is 16.7. The molecule has 6 nitrogen and oxygen atoms in total. The van der Waals surface area contributed by atoms with Crippen LogP contribution in [-0.4, -0.2) is 54.5 Å². The summed E-state index contributed by atoms with van der Waals surface area (Å²) in [6, 6.07) is 8.59. The van der Waals surface area contributed by atoms with E-state index >= 15 is 0 Å². The van der Waals surface area contributed by atoms with Gasteiger partial charge >= 0.3 is 5.97 Å². The van der Waals surface area contributed by atoms with Crippen LogP contribution in [0.15, 0.2) is 41.4 Å². The second kappa shape index (κ2) is 10.1. The summed E-state index contributed by atoms with van der Waals surface area (Å²) in [4.78, 5) is 31.0. The van der Waals surface area contributed by atoms with E-state index in [2.05, 4.69) is 61.4 Å². The van der Waals surface area contributed by atoms with E-state index in [1.807, 2.05) is 18.9 Å². The lowest BCUT2D eigenvalue weighted by atomic mass is 9.84. The highest BCUT2D eigenvalue weighted by atomic mass is 32.1.